The molecule has 2 aromatic rings. The monoisotopic (exact) mass is 447 g/mol. The molecule has 1 fully saturated rings. The summed E-state index contributed by atoms with van der Waals surface area (Å²) < 4.78 is 37.6. The highest BCUT2D eigenvalue weighted by molar-refractivity contribution is 7.97. The molecule has 0 saturated carbocycles. The summed E-state index contributed by atoms with van der Waals surface area (Å²) in [6, 6.07) is 11.6. The van der Waals surface area contributed by atoms with Crippen LogP contribution in [0.15, 0.2) is 42.5 Å². The molecule has 1 saturated heterocycles. The molecule has 3 atom stereocenters. The van der Waals surface area contributed by atoms with E-state index in [1.807, 2.05) is 37.3 Å². The summed E-state index contributed by atoms with van der Waals surface area (Å²) in [4.78, 5) is 16.7. The lowest BCUT2D eigenvalue weighted by molar-refractivity contribution is 0.147. The Hall–Kier alpha value is -2.32. The van der Waals surface area contributed by atoms with Gasteiger partial charge in [-0.1, -0.05) is 43.3 Å². The van der Waals surface area contributed by atoms with Crippen molar-refractivity contribution in [1.82, 2.24) is 14.5 Å². The van der Waals surface area contributed by atoms with Gasteiger partial charge in [-0.25, -0.2) is 13.6 Å². The zero-order valence-corrected chi connectivity index (χ0v) is 18.5. The maximum absolute atomic E-state index is 15.7. The highest BCUT2D eigenvalue weighted by atomic mass is 32.2. The molecule has 4 rings (SSSR count). The van der Waals surface area contributed by atoms with E-state index in [-0.39, 0.29) is 29.8 Å². The molecule has 2 aromatic carbocycles. The Balaban J connectivity index is 1.78. The quantitative estimate of drug-likeness (QED) is 0.712. The first-order chi connectivity index (χ1) is 15.0. The molecular weight excluding hydrogens is 420 g/mol. The van der Waals surface area contributed by atoms with Crippen molar-refractivity contribution in [3.8, 4) is 16.9 Å². The van der Waals surface area contributed by atoms with Gasteiger partial charge in [-0.2, -0.15) is 0 Å². The number of urea groups is 1. The first-order valence-electron chi connectivity index (χ1n) is 10.5. The van der Waals surface area contributed by atoms with Crippen LogP contribution in [0.2, 0.25) is 0 Å². The molecule has 0 spiro atoms. The topological polar surface area (TPSA) is 44.8 Å². The van der Waals surface area contributed by atoms with E-state index >= 15 is 4.39 Å². The maximum atomic E-state index is 15.7. The second-order valence-electron chi connectivity index (χ2n) is 8.13. The van der Waals surface area contributed by atoms with Gasteiger partial charge in [0.15, 0.2) is 0 Å². The van der Waals surface area contributed by atoms with Crippen molar-refractivity contribution in [2.24, 2.45) is 5.92 Å². The predicted molar refractivity (Wildman–Crippen MR) is 119 cm³/mol. The van der Waals surface area contributed by atoms with Crippen molar-refractivity contribution in [3.05, 3.63) is 53.8 Å². The van der Waals surface area contributed by atoms with Crippen LogP contribution in [0, 0.1) is 11.7 Å². The number of hydrogen-bond donors (Lipinski definition) is 1. The molecule has 2 heterocycles. The average Bonchev–Trinajstić information content (AvgIpc) is 3.08. The van der Waals surface area contributed by atoms with Gasteiger partial charge in [-0.3, -0.25) is 4.72 Å². The Morgan fingerprint density at radius 3 is 2.77 bits per heavy atom. The molecular formula is C23H27F2N3O2S. The largest absolute Gasteiger partial charge is 0.491 e. The zero-order valence-electron chi connectivity index (χ0n) is 17.7. The van der Waals surface area contributed by atoms with E-state index in [0.717, 1.165) is 11.9 Å². The Kier molecular flexibility index (Phi) is 6.67. The number of ether oxygens (including phenoxy) is 1. The summed E-state index contributed by atoms with van der Waals surface area (Å²) in [6.45, 7) is 3.27. The summed E-state index contributed by atoms with van der Waals surface area (Å²) in [5.41, 5.74) is 1.70. The standard InChI is InChI=1S/C23H27F2N3O2S/c1-15-13-28-19(22(15)26-31-14-24)12-16-6-5-8-18(21(16)25)17-7-3-4-9-20(17)30-11-10-27(2)23(28)29/h3-9,15,19,22,26H,10-14H2,1-2H3. The van der Waals surface area contributed by atoms with Crippen LogP contribution >= 0.6 is 11.9 Å². The number of carbonyl (C=O) groups is 1. The number of halogens is 2. The van der Waals surface area contributed by atoms with Crippen LogP contribution in [0.5, 0.6) is 5.75 Å². The van der Waals surface area contributed by atoms with Crippen molar-refractivity contribution >= 4 is 18.0 Å². The Morgan fingerprint density at radius 1 is 1.19 bits per heavy atom. The van der Waals surface area contributed by atoms with Crippen LogP contribution in [0.3, 0.4) is 0 Å². The van der Waals surface area contributed by atoms with Crippen LogP contribution in [0.25, 0.3) is 11.1 Å². The Bertz CT molecular complexity index is 945. The average molecular weight is 448 g/mol. The second-order valence-corrected chi connectivity index (χ2v) is 8.87. The first kappa shape index (κ1) is 21.9. The van der Waals surface area contributed by atoms with Crippen LogP contribution in [-0.4, -0.2) is 60.7 Å². The number of carbonyl (C=O) groups excluding carboxylic acids is 1. The third-order valence-electron chi connectivity index (χ3n) is 6.13. The van der Waals surface area contributed by atoms with Crippen molar-refractivity contribution in [3.63, 3.8) is 0 Å². The lowest BCUT2D eigenvalue weighted by atomic mass is 9.93. The van der Waals surface area contributed by atoms with Gasteiger partial charge >= 0.3 is 6.03 Å². The number of benzene rings is 2. The first-order valence-corrected chi connectivity index (χ1v) is 11.4. The summed E-state index contributed by atoms with van der Waals surface area (Å²) in [5.74, 6) is 0.388. The van der Waals surface area contributed by atoms with Gasteiger partial charge in [-0.05, 0) is 35.9 Å². The molecule has 3 unspecified atom stereocenters. The smallest absolute Gasteiger partial charge is 0.320 e. The van der Waals surface area contributed by atoms with Crippen LogP contribution in [-0.2, 0) is 6.42 Å². The summed E-state index contributed by atoms with van der Waals surface area (Å²) >= 11 is 0.986. The number of likely N-dealkylation sites (N-methyl/N-ethyl adjacent to an activating group) is 1. The van der Waals surface area contributed by atoms with Crippen molar-refractivity contribution in [1.29, 1.82) is 0 Å². The molecule has 0 aromatic heterocycles. The number of amides is 2. The number of rotatable bonds is 3. The molecule has 5 nitrogen and oxygen atoms in total. The predicted octanol–water partition coefficient (Wildman–Crippen LogP) is 4.33. The third-order valence-corrected chi connectivity index (χ3v) is 6.68. The summed E-state index contributed by atoms with van der Waals surface area (Å²) in [7, 11) is 1.75. The third kappa shape index (κ3) is 4.36. The summed E-state index contributed by atoms with van der Waals surface area (Å²) in [6.07, 6.45) is 0.344. The van der Waals surface area contributed by atoms with Crippen LogP contribution < -0.4 is 9.46 Å². The fourth-order valence-corrected chi connectivity index (χ4v) is 5.15. The van der Waals surface area contributed by atoms with E-state index < -0.39 is 6.01 Å². The molecule has 31 heavy (non-hydrogen) atoms. The van der Waals surface area contributed by atoms with E-state index in [1.54, 1.807) is 29.0 Å². The fraction of sp³-hybridized carbons (Fsp3) is 0.435. The molecule has 166 valence electrons. The number of fused-ring (bicyclic) bond motifs is 5. The van der Waals surface area contributed by atoms with Gasteiger partial charge < -0.3 is 14.5 Å². The van der Waals surface area contributed by atoms with Crippen LogP contribution in [0.1, 0.15) is 12.5 Å². The lowest BCUT2D eigenvalue weighted by Gasteiger charge is -2.32. The SMILES string of the molecule is CC1CN2C(=O)N(C)CCOc3ccccc3-c3cccc(c3F)CC2C1NSCF. The van der Waals surface area contributed by atoms with E-state index in [1.165, 1.54) is 0 Å². The van der Waals surface area contributed by atoms with Gasteiger partial charge in [0.2, 0.25) is 0 Å². The number of nitrogens with zero attached hydrogens (tertiary/aromatic N) is 2. The minimum absolute atomic E-state index is 0.109. The molecule has 0 aliphatic carbocycles. The van der Waals surface area contributed by atoms with Gasteiger partial charge in [0.1, 0.15) is 24.2 Å². The van der Waals surface area contributed by atoms with Gasteiger partial charge in [-0.15, -0.1) is 0 Å². The molecule has 0 radical (unpaired) electrons. The van der Waals surface area contributed by atoms with Gasteiger partial charge in [0.25, 0.3) is 0 Å². The Morgan fingerprint density at radius 2 is 1.97 bits per heavy atom. The normalized spacial score (nSPS) is 23.9. The Labute approximate surface area is 185 Å². The molecule has 1 N–H and O–H groups in total. The molecule has 2 bridgehead atoms. The molecule has 2 aliphatic rings. The fourth-order valence-electron chi connectivity index (χ4n) is 4.51. The van der Waals surface area contributed by atoms with E-state index in [4.69, 9.17) is 4.74 Å². The highest BCUT2D eigenvalue weighted by Crippen LogP contribution is 2.35. The number of para-hydroxylation sites is 1. The minimum atomic E-state index is -0.568. The molecule has 2 amide bonds. The minimum Gasteiger partial charge on any atom is -0.491 e. The van der Waals surface area contributed by atoms with Crippen molar-refractivity contribution in [2.75, 3.05) is 32.8 Å². The molecule has 8 heteroatoms. The van der Waals surface area contributed by atoms with Gasteiger partial charge in [0.05, 0.1) is 12.6 Å². The number of hydrogen-bond acceptors (Lipinski definition) is 4. The second kappa shape index (κ2) is 9.44. The zero-order chi connectivity index (χ0) is 22.0. The maximum Gasteiger partial charge on any atom is 0.320 e. The van der Waals surface area contributed by atoms with Gasteiger partial charge in [0, 0.05) is 30.8 Å². The molecule has 2 aliphatic heterocycles. The summed E-state index contributed by atoms with van der Waals surface area (Å²) in [5, 5.41) is 0. The van der Waals surface area contributed by atoms with Crippen molar-refractivity contribution in [2.45, 2.75) is 25.4 Å². The number of nitrogens with one attached hydrogen (secondary N) is 1. The van der Waals surface area contributed by atoms with Crippen LogP contribution in [0.4, 0.5) is 13.6 Å². The lowest BCUT2D eigenvalue weighted by Crippen LogP contribution is -2.49. The number of alkyl halides is 1. The van der Waals surface area contributed by atoms with E-state index in [0.29, 0.717) is 48.6 Å². The van der Waals surface area contributed by atoms with Crippen molar-refractivity contribution < 1.29 is 18.3 Å². The van der Waals surface area contributed by atoms with E-state index in [9.17, 15) is 9.18 Å². The highest BCUT2D eigenvalue weighted by Gasteiger charge is 2.43. The van der Waals surface area contributed by atoms with E-state index in [2.05, 4.69) is 4.72 Å².